The minimum atomic E-state index is -0.782. The number of carbonyl (C=O) groups is 3. The molecule has 0 saturated heterocycles. The molecule has 0 radical (unpaired) electrons. The molecule has 0 spiro atoms. The van der Waals surface area contributed by atoms with E-state index in [2.05, 4.69) is 69.4 Å². The molecule has 0 aliphatic rings. The first kappa shape index (κ1) is 58.4. The second-order valence-electron chi connectivity index (χ2n) is 17.4. The second kappa shape index (κ2) is 50.0. The largest absolute Gasteiger partial charge is 0.462 e. The SMILES string of the molecule is CC/C=C\C/C=C\C/C=C\CCCCCCC(=O)OC(COC(=O)CCCCCCCCC/C=C\CCCCCCCCCC)COC(=O)CCCCCCCCCCCC. The molecule has 0 saturated carbocycles. The van der Waals surface area contributed by atoms with Gasteiger partial charge in [-0.05, 0) is 77.0 Å². The van der Waals surface area contributed by atoms with Crippen LogP contribution in [-0.4, -0.2) is 37.2 Å². The maximum absolute atomic E-state index is 12.8. The summed E-state index contributed by atoms with van der Waals surface area (Å²) < 4.78 is 16.8. The number of carbonyl (C=O) groups excluding carboxylic acids is 3. The van der Waals surface area contributed by atoms with E-state index in [0.29, 0.717) is 19.3 Å². The first-order chi connectivity index (χ1) is 30.0. The average Bonchev–Trinajstić information content (AvgIpc) is 3.26. The lowest BCUT2D eigenvalue weighted by Gasteiger charge is -2.18. The Morgan fingerprint density at radius 2 is 0.639 bits per heavy atom. The van der Waals surface area contributed by atoms with Gasteiger partial charge in [-0.25, -0.2) is 0 Å². The summed E-state index contributed by atoms with van der Waals surface area (Å²) in [6, 6.07) is 0. The topological polar surface area (TPSA) is 78.9 Å². The molecule has 0 amide bonds. The first-order valence-electron chi connectivity index (χ1n) is 26.1. The summed E-state index contributed by atoms with van der Waals surface area (Å²) in [7, 11) is 0. The fourth-order valence-corrected chi connectivity index (χ4v) is 7.39. The molecule has 1 atom stereocenters. The van der Waals surface area contributed by atoms with Gasteiger partial charge in [0.15, 0.2) is 6.10 Å². The van der Waals surface area contributed by atoms with E-state index in [0.717, 1.165) is 89.9 Å². The zero-order valence-corrected chi connectivity index (χ0v) is 40.4. The van der Waals surface area contributed by atoms with E-state index in [1.165, 1.54) is 135 Å². The van der Waals surface area contributed by atoms with Gasteiger partial charge in [-0.1, -0.05) is 217 Å². The van der Waals surface area contributed by atoms with Crippen molar-refractivity contribution in [1.29, 1.82) is 0 Å². The molecular formula is C55H98O6. The van der Waals surface area contributed by atoms with Gasteiger partial charge in [0.05, 0.1) is 0 Å². The maximum atomic E-state index is 12.8. The highest BCUT2D eigenvalue weighted by Crippen LogP contribution is 2.15. The Morgan fingerprint density at radius 3 is 1.02 bits per heavy atom. The van der Waals surface area contributed by atoms with Crippen molar-refractivity contribution in [2.45, 2.75) is 271 Å². The van der Waals surface area contributed by atoms with Gasteiger partial charge in [-0.15, -0.1) is 0 Å². The van der Waals surface area contributed by atoms with Crippen molar-refractivity contribution in [3.8, 4) is 0 Å². The van der Waals surface area contributed by atoms with E-state index < -0.39 is 6.10 Å². The molecule has 354 valence electrons. The lowest BCUT2D eigenvalue weighted by Crippen LogP contribution is -2.30. The van der Waals surface area contributed by atoms with Gasteiger partial charge in [0.2, 0.25) is 0 Å². The molecule has 0 bridgehead atoms. The van der Waals surface area contributed by atoms with Gasteiger partial charge >= 0.3 is 17.9 Å². The standard InChI is InChI=1S/C55H98O6/c1-4-7-10-13-16-19-22-24-26-27-28-29-30-32-33-36-39-42-45-48-54(57)60-51-52(50-59-53(56)47-44-41-38-35-21-18-15-12-9-6-3)61-55(58)49-46-43-40-37-34-31-25-23-20-17-14-11-8-5-2/h8,11,17,20,25,27-28,31,52H,4-7,9-10,12-16,18-19,21-24,26,29-30,32-51H2,1-3H3/b11-8-,20-17-,28-27-,31-25-. The van der Waals surface area contributed by atoms with E-state index >= 15 is 0 Å². The van der Waals surface area contributed by atoms with Crippen LogP contribution in [0.4, 0.5) is 0 Å². The summed E-state index contributed by atoms with van der Waals surface area (Å²) in [6.07, 6.45) is 59.6. The molecule has 0 aromatic heterocycles. The molecule has 0 aliphatic heterocycles. The van der Waals surface area contributed by atoms with Gasteiger partial charge < -0.3 is 14.2 Å². The van der Waals surface area contributed by atoms with Gasteiger partial charge in [0.1, 0.15) is 13.2 Å². The molecule has 1 unspecified atom stereocenters. The van der Waals surface area contributed by atoms with Crippen LogP contribution in [0.1, 0.15) is 265 Å². The van der Waals surface area contributed by atoms with Crippen LogP contribution in [0.5, 0.6) is 0 Å². The number of hydrogen-bond donors (Lipinski definition) is 0. The number of rotatable bonds is 47. The molecule has 0 aromatic carbocycles. The van der Waals surface area contributed by atoms with Gasteiger partial charge in [0.25, 0.3) is 0 Å². The monoisotopic (exact) mass is 855 g/mol. The van der Waals surface area contributed by atoms with E-state index in [-0.39, 0.29) is 31.1 Å². The van der Waals surface area contributed by atoms with E-state index in [9.17, 15) is 14.4 Å². The summed E-state index contributed by atoms with van der Waals surface area (Å²) in [6.45, 7) is 6.50. The van der Waals surface area contributed by atoms with Crippen LogP contribution in [0, 0.1) is 0 Å². The van der Waals surface area contributed by atoms with Crippen molar-refractivity contribution in [2.24, 2.45) is 0 Å². The second-order valence-corrected chi connectivity index (χ2v) is 17.4. The Balaban J connectivity index is 4.33. The van der Waals surface area contributed by atoms with Crippen molar-refractivity contribution < 1.29 is 28.6 Å². The van der Waals surface area contributed by atoms with Crippen LogP contribution in [0.25, 0.3) is 0 Å². The zero-order chi connectivity index (χ0) is 44.4. The number of esters is 3. The third-order valence-corrected chi connectivity index (χ3v) is 11.3. The Morgan fingerprint density at radius 1 is 0.344 bits per heavy atom. The fourth-order valence-electron chi connectivity index (χ4n) is 7.39. The molecule has 0 aliphatic carbocycles. The van der Waals surface area contributed by atoms with Crippen molar-refractivity contribution >= 4 is 17.9 Å². The summed E-state index contributed by atoms with van der Waals surface area (Å²) in [5, 5.41) is 0. The molecule has 6 heteroatoms. The van der Waals surface area contributed by atoms with Gasteiger partial charge in [-0.3, -0.25) is 14.4 Å². The lowest BCUT2D eigenvalue weighted by molar-refractivity contribution is -0.167. The van der Waals surface area contributed by atoms with Gasteiger partial charge in [0, 0.05) is 19.3 Å². The molecular weight excluding hydrogens is 757 g/mol. The Hall–Kier alpha value is -2.63. The number of hydrogen-bond acceptors (Lipinski definition) is 6. The van der Waals surface area contributed by atoms with Crippen molar-refractivity contribution in [2.75, 3.05) is 13.2 Å². The minimum Gasteiger partial charge on any atom is -0.462 e. The summed E-state index contributed by atoms with van der Waals surface area (Å²) in [4.78, 5) is 37.9. The zero-order valence-electron chi connectivity index (χ0n) is 40.4. The molecule has 0 fully saturated rings. The lowest BCUT2D eigenvalue weighted by atomic mass is 10.1. The molecule has 0 rings (SSSR count). The van der Waals surface area contributed by atoms with Crippen molar-refractivity contribution in [3.63, 3.8) is 0 Å². The average molecular weight is 855 g/mol. The maximum Gasteiger partial charge on any atom is 0.306 e. The molecule has 0 heterocycles. The quantitative estimate of drug-likeness (QED) is 0.0263. The van der Waals surface area contributed by atoms with Gasteiger partial charge in [-0.2, -0.15) is 0 Å². The van der Waals surface area contributed by atoms with Crippen LogP contribution in [0.2, 0.25) is 0 Å². The van der Waals surface area contributed by atoms with Crippen molar-refractivity contribution in [1.82, 2.24) is 0 Å². The van der Waals surface area contributed by atoms with Crippen LogP contribution in [0.15, 0.2) is 48.6 Å². The van der Waals surface area contributed by atoms with Crippen LogP contribution in [0.3, 0.4) is 0 Å². The van der Waals surface area contributed by atoms with E-state index in [1.807, 2.05) is 0 Å². The minimum absolute atomic E-state index is 0.0817. The normalized spacial score (nSPS) is 12.4. The molecule has 6 nitrogen and oxygen atoms in total. The summed E-state index contributed by atoms with van der Waals surface area (Å²) in [5.74, 6) is -0.903. The Bertz CT molecular complexity index is 1070. The number of ether oxygens (including phenoxy) is 3. The number of unbranched alkanes of at least 4 members (excludes halogenated alkanes) is 28. The molecule has 0 aromatic rings. The summed E-state index contributed by atoms with van der Waals surface area (Å²) in [5.41, 5.74) is 0. The first-order valence-corrected chi connectivity index (χ1v) is 26.1. The Kier molecular flexibility index (Phi) is 47.9. The Labute approximate surface area is 378 Å². The van der Waals surface area contributed by atoms with Crippen LogP contribution < -0.4 is 0 Å². The highest BCUT2D eigenvalue weighted by molar-refractivity contribution is 5.71. The van der Waals surface area contributed by atoms with Crippen molar-refractivity contribution in [3.05, 3.63) is 48.6 Å². The van der Waals surface area contributed by atoms with Crippen LogP contribution in [-0.2, 0) is 28.6 Å². The third-order valence-electron chi connectivity index (χ3n) is 11.3. The van der Waals surface area contributed by atoms with E-state index in [4.69, 9.17) is 14.2 Å². The predicted molar refractivity (Wildman–Crippen MR) is 261 cm³/mol. The molecule has 61 heavy (non-hydrogen) atoms. The predicted octanol–water partition coefficient (Wildman–Crippen LogP) is 17.1. The summed E-state index contributed by atoms with van der Waals surface area (Å²) >= 11 is 0. The highest BCUT2D eigenvalue weighted by atomic mass is 16.6. The molecule has 0 N–H and O–H groups in total. The number of allylic oxidation sites excluding steroid dienone is 8. The van der Waals surface area contributed by atoms with E-state index in [1.54, 1.807) is 0 Å². The highest BCUT2D eigenvalue weighted by Gasteiger charge is 2.19. The smallest absolute Gasteiger partial charge is 0.306 e. The fraction of sp³-hybridized carbons (Fsp3) is 0.800. The third kappa shape index (κ3) is 48.3. The van der Waals surface area contributed by atoms with Crippen LogP contribution >= 0.6 is 0 Å².